The lowest BCUT2D eigenvalue weighted by molar-refractivity contribution is 0.735. The van der Waals surface area contributed by atoms with Gasteiger partial charge in [0.15, 0.2) is 0 Å². The summed E-state index contributed by atoms with van der Waals surface area (Å²) in [6, 6.07) is 0.460. The second-order valence-electron chi connectivity index (χ2n) is 5.53. The summed E-state index contributed by atoms with van der Waals surface area (Å²) in [6.07, 6.45) is 5.24. The van der Waals surface area contributed by atoms with Crippen LogP contribution >= 0.6 is 11.8 Å². The number of aromatic nitrogens is 2. The molecule has 0 aliphatic carbocycles. The molecule has 1 aromatic heterocycles. The molecule has 0 radical (unpaired) electrons. The standard InChI is InChI=1S/C16H30N4S/c1-7-9-14-18-15(17-10-8-2)13(4)16(19-14)20(5)12(3)11-21-6/h12H,7-11H2,1-6H3,(H,17,18,19). The first kappa shape index (κ1) is 18.1. The van der Waals surface area contributed by atoms with Crippen LogP contribution in [0, 0.1) is 6.92 Å². The highest BCUT2D eigenvalue weighted by Gasteiger charge is 2.17. The molecule has 0 aromatic carbocycles. The van der Waals surface area contributed by atoms with Crippen molar-refractivity contribution in [1.29, 1.82) is 0 Å². The molecular weight excluding hydrogens is 280 g/mol. The molecule has 4 nitrogen and oxygen atoms in total. The predicted molar refractivity (Wildman–Crippen MR) is 95.8 cm³/mol. The van der Waals surface area contributed by atoms with Gasteiger partial charge in [-0.3, -0.25) is 0 Å². The number of nitrogens with one attached hydrogen (secondary N) is 1. The largest absolute Gasteiger partial charge is 0.370 e. The first-order chi connectivity index (χ1) is 10.0. The smallest absolute Gasteiger partial charge is 0.137 e. The Labute approximate surface area is 134 Å². The van der Waals surface area contributed by atoms with Gasteiger partial charge < -0.3 is 10.2 Å². The number of aryl methyl sites for hydroxylation is 1. The van der Waals surface area contributed by atoms with Crippen molar-refractivity contribution in [3.05, 3.63) is 11.4 Å². The SMILES string of the molecule is CCCNc1nc(CCC)nc(N(C)C(C)CSC)c1C. The minimum Gasteiger partial charge on any atom is -0.370 e. The van der Waals surface area contributed by atoms with E-state index in [1.54, 1.807) is 0 Å². The molecule has 1 N–H and O–H groups in total. The molecule has 21 heavy (non-hydrogen) atoms. The van der Waals surface area contributed by atoms with Gasteiger partial charge in [-0.15, -0.1) is 0 Å². The molecule has 1 rings (SSSR count). The van der Waals surface area contributed by atoms with Crippen molar-refractivity contribution in [2.75, 3.05) is 35.8 Å². The van der Waals surface area contributed by atoms with E-state index < -0.39 is 0 Å². The summed E-state index contributed by atoms with van der Waals surface area (Å²) in [5.74, 6) is 4.10. The quantitative estimate of drug-likeness (QED) is 0.752. The van der Waals surface area contributed by atoms with E-state index in [-0.39, 0.29) is 0 Å². The third-order valence-corrected chi connectivity index (χ3v) is 4.40. The third kappa shape index (κ3) is 5.06. The van der Waals surface area contributed by atoms with Gasteiger partial charge in [0.25, 0.3) is 0 Å². The van der Waals surface area contributed by atoms with Gasteiger partial charge in [0.1, 0.15) is 17.5 Å². The third-order valence-electron chi connectivity index (χ3n) is 3.59. The highest BCUT2D eigenvalue weighted by molar-refractivity contribution is 7.98. The zero-order valence-corrected chi connectivity index (χ0v) is 15.2. The van der Waals surface area contributed by atoms with E-state index in [0.717, 1.165) is 54.6 Å². The average Bonchev–Trinajstić information content (AvgIpc) is 2.47. The van der Waals surface area contributed by atoms with E-state index in [0.29, 0.717) is 6.04 Å². The molecule has 5 heteroatoms. The molecule has 120 valence electrons. The van der Waals surface area contributed by atoms with Crippen LogP contribution in [0.15, 0.2) is 0 Å². The molecule has 0 aliphatic heterocycles. The monoisotopic (exact) mass is 310 g/mol. The lowest BCUT2D eigenvalue weighted by Crippen LogP contribution is -2.32. The lowest BCUT2D eigenvalue weighted by Gasteiger charge is -2.28. The number of nitrogens with zero attached hydrogens (tertiary/aromatic N) is 3. The van der Waals surface area contributed by atoms with Gasteiger partial charge in [-0.05, 0) is 32.9 Å². The molecule has 1 heterocycles. The molecule has 0 saturated carbocycles. The van der Waals surface area contributed by atoms with Gasteiger partial charge >= 0.3 is 0 Å². The van der Waals surface area contributed by atoms with Crippen LogP contribution in [0.3, 0.4) is 0 Å². The lowest BCUT2D eigenvalue weighted by atomic mass is 10.2. The van der Waals surface area contributed by atoms with Gasteiger partial charge in [0.05, 0.1) is 0 Å². The van der Waals surface area contributed by atoms with Crippen LogP contribution < -0.4 is 10.2 Å². The van der Waals surface area contributed by atoms with Crippen molar-refractivity contribution in [2.24, 2.45) is 0 Å². The van der Waals surface area contributed by atoms with Crippen molar-refractivity contribution in [3.63, 3.8) is 0 Å². The summed E-state index contributed by atoms with van der Waals surface area (Å²) in [6.45, 7) is 9.65. The van der Waals surface area contributed by atoms with Crippen molar-refractivity contribution in [3.8, 4) is 0 Å². The number of hydrogen-bond donors (Lipinski definition) is 1. The van der Waals surface area contributed by atoms with Gasteiger partial charge in [-0.1, -0.05) is 13.8 Å². The minimum absolute atomic E-state index is 0.460. The van der Waals surface area contributed by atoms with Crippen molar-refractivity contribution in [2.45, 2.75) is 53.0 Å². The van der Waals surface area contributed by atoms with E-state index in [1.807, 2.05) is 11.8 Å². The highest BCUT2D eigenvalue weighted by atomic mass is 32.2. The Morgan fingerprint density at radius 2 is 1.95 bits per heavy atom. The zero-order chi connectivity index (χ0) is 15.8. The Kier molecular flexibility index (Phi) is 7.86. The maximum Gasteiger partial charge on any atom is 0.137 e. The predicted octanol–water partition coefficient (Wildman–Crippen LogP) is 3.75. The topological polar surface area (TPSA) is 41.1 Å². The molecule has 1 atom stereocenters. The van der Waals surface area contributed by atoms with Crippen LogP contribution in [0.1, 0.15) is 45.0 Å². The van der Waals surface area contributed by atoms with Crippen LogP contribution in [-0.4, -0.2) is 41.6 Å². The van der Waals surface area contributed by atoms with E-state index in [4.69, 9.17) is 9.97 Å². The fraction of sp³-hybridized carbons (Fsp3) is 0.750. The van der Waals surface area contributed by atoms with Crippen molar-refractivity contribution in [1.82, 2.24) is 9.97 Å². The Morgan fingerprint density at radius 3 is 2.52 bits per heavy atom. The van der Waals surface area contributed by atoms with Crippen molar-refractivity contribution < 1.29 is 0 Å². The Bertz CT molecular complexity index is 437. The summed E-state index contributed by atoms with van der Waals surface area (Å²) in [4.78, 5) is 11.8. The highest BCUT2D eigenvalue weighted by Crippen LogP contribution is 2.25. The first-order valence-corrected chi connectivity index (χ1v) is 9.27. The first-order valence-electron chi connectivity index (χ1n) is 7.88. The van der Waals surface area contributed by atoms with Crippen LogP contribution in [0.5, 0.6) is 0 Å². The fourth-order valence-corrected chi connectivity index (χ4v) is 2.91. The molecular formula is C16H30N4S. The number of hydrogen-bond acceptors (Lipinski definition) is 5. The molecule has 1 unspecified atom stereocenters. The van der Waals surface area contributed by atoms with E-state index in [1.165, 1.54) is 0 Å². The van der Waals surface area contributed by atoms with Gasteiger partial charge in [-0.25, -0.2) is 9.97 Å². The van der Waals surface area contributed by atoms with Crippen LogP contribution in [0.25, 0.3) is 0 Å². The number of thioether (sulfide) groups is 1. The number of anilines is 2. The Hall–Kier alpha value is -0.970. The molecule has 0 amide bonds. The number of rotatable bonds is 9. The minimum atomic E-state index is 0.460. The van der Waals surface area contributed by atoms with E-state index >= 15 is 0 Å². The van der Waals surface area contributed by atoms with Gasteiger partial charge in [0.2, 0.25) is 0 Å². The summed E-state index contributed by atoms with van der Waals surface area (Å²) < 4.78 is 0. The molecule has 0 fully saturated rings. The Balaban J connectivity index is 3.12. The summed E-state index contributed by atoms with van der Waals surface area (Å²) >= 11 is 1.87. The van der Waals surface area contributed by atoms with Crippen LogP contribution in [0.2, 0.25) is 0 Å². The summed E-state index contributed by atoms with van der Waals surface area (Å²) in [5.41, 5.74) is 1.15. The van der Waals surface area contributed by atoms with Gasteiger partial charge in [0, 0.05) is 37.4 Å². The van der Waals surface area contributed by atoms with E-state index in [9.17, 15) is 0 Å². The fourth-order valence-electron chi connectivity index (χ4n) is 2.21. The zero-order valence-electron chi connectivity index (χ0n) is 14.4. The average molecular weight is 311 g/mol. The van der Waals surface area contributed by atoms with Crippen molar-refractivity contribution >= 4 is 23.4 Å². The molecule has 1 aromatic rings. The van der Waals surface area contributed by atoms with Crippen LogP contribution in [0.4, 0.5) is 11.6 Å². The summed E-state index contributed by atoms with van der Waals surface area (Å²) in [7, 11) is 2.13. The molecule has 0 saturated heterocycles. The molecule has 0 aliphatic rings. The maximum atomic E-state index is 4.80. The second-order valence-corrected chi connectivity index (χ2v) is 6.44. The Morgan fingerprint density at radius 1 is 1.24 bits per heavy atom. The normalized spacial score (nSPS) is 12.3. The second kappa shape index (κ2) is 9.13. The summed E-state index contributed by atoms with van der Waals surface area (Å²) in [5, 5.41) is 3.44. The van der Waals surface area contributed by atoms with E-state index in [2.05, 4.69) is 51.2 Å². The van der Waals surface area contributed by atoms with Gasteiger partial charge in [-0.2, -0.15) is 11.8 Å². The molecule has 0 spiro atoms. The molecule has 0 bridgehead atoms. The maximum absolute atomic E-state index is 4.80. The van der Waals surface area contributed by atoms with Crippen LogP contribution in [-0.2, 0) is 6.42 Å².